The maximum atomic E-state index is 2.12. The van der Waals surface area contributed by atoms with E-state index in [9.17, 15) is 0 Å². The topological polar surface area (TPSA) is 0 Å². The Hall–Kier alpha value is -1.17. The van der Waals surface area contributed by atoms with Crippen LogP contribution in [-0.4, -0.2) is 0 Å². The average Bonchev–Trinajstić information content (AvgIpc) is 3.08. The van der Waals surface area contributed by atoms with Gasteiger partial charge in [0.15, 0.2) is 0 Å². The Balaban J connectivity index is 0.000000333. The summed E-state index contributed by atoms with van der Waals surface area (Å²) in [6.45, 7) is 0. The van der Waals surface area contributed by atoms with Crippen LogP contribution in [0.5, 0.6) is 0 Å². The summed E-state index contributed by atoms with van der Waals surface area (Å²) < 4.78 is 0. The Morgan fingerprint density at radius 1 is 0.600 bits per heavy atom. The Labute approximate surface area is 146 Å². The molecule has 4 aromatic rings. The van der Waals surface area contributed by atoms with Crippen LogP contribution in [0.1, 0.15) is 1.43 Å². The summed E-state index contributed by atoms with van der Waals surface area (Å²) in [7, 11) is 0. The normalized spacial score (nSPS) is 9.20. The van der Waals surface area contributed by atoms with Gasteiger partial charge in [0.2, 0.25) is 0 Å². The molecule has 0 saturated carbocycles. The summed E-state index contributed by atoms with van der Waals surface area (Å²) in [6.07, 6.45) is 0. The van der Waals surface area contributed by atoms with Crippen molar-refractivity contribution in [1.29, 1.82) is 0 Å². The first-order valence-electron chi connectivity index (χ1n) is 6.14. The SMILES string of the molecule is [Cl-].[H-].[Zr+4].c1ccc2[cH-]ccc2c1.c1ccc2[cH-]ccc2c1. The Morgan fingerprint density at radius 3 is 1.40 bits per heavy atom. The minimum atomic E-state index is 0. The fraction of sp³-hybridized carbons (Fsp3) is 0. The van der Waals surface area contributed by atoms with Crippen molar-refractivity contribution in [2.24, 2.45) is 0 Å². The van der Waals surface area contributed by atoms with E-state index in [-0.39, 0.29) is 40.0 Å². The third kappa shape index (κ3) is 3.91. The zero-order chi connectivity index (χ0) is 12.2. The van der Waals surface area contributed by atoms with E-state index in [1.165, 1.54) is 21.5 Å². The van der Waals surface area contributed by atoms with Gasteiger partial charge in [-0.05, 0) is 0 Å². The molecule has 0 atom stereocenters. The van der Waals surface area contributed by atoms with Gasteiger partial charge in [0.05, 0.1) is 0 Å². The predicted octanol–water partition coefficient (Wildman–Crippen LogP) is 2.23. The largest absolute Gasteiger partial charge is 4.00 e. The molecular formula is C18H15ClZr. The molecule has 0 unspecified atom stereocenters. The van der Waals surface area contributed by atoms with E-state index < -0.39 is 0 Å². The van der Waals surface area contributed by atoms with Crippen LogP contribution in [0.2, 0.25) is 0 Å². The van der Waals surface area contributed by atoms with Gasteiger partial charge < -0.3 is 13.8 Å². The zero-order valence-corrected chi connectivity index (χ0v) is 14.2. The van der Waals surface area contributed by atoms with Crippen molar-refractivity contribution >= 4 is 21.5 Å². The maximum absolute atomic E-state index is 2.12. The molecule has 0 aliphatic rings. The molecule has 0 heterocycles. The van der Waals surface area contributed by atoms with Crippen molar-refractivity contribution in [3.05, 3.63) is 84.9 Å². The molecule has 0 nitrogen and oxygen atoms in total. The number of hydrogen-bond acceptors (Lipinski definition) is 0. The van der Waals surface area contributed by atoms with Gasteiger partial charge in [0.25, 0.3) is 0 Å². The van der Waals surface area contributed by atoms with Gasteiger partial charge in [-0.3, -0.25) is 0 Å². The first-order chi connectivity index (χ1) is 8.93. The fourth-order valence-corrected chi connectivity index (χ4v) is 2.14. The van der Waals surface area contributed by atoms with Gasteiger partial charge in [0, 0.05) is 0 Å². The third-order valence-corrected chi connectivity index (χ3v) is 3.10. The first kappa shape index (κ1) is 16.9. The molecule has 0 aromatic heterocycles. The minimum absolute atomic E-state index is 0. The van der Waals surface area contributed by atoms with E-state index >= 15 is 0 Å². The van der Waals surface area contributed by atoms with Gasteiger partial charge in [-0.2, -0.15) is 35.0 Å². The van der Waals surface area contributed by atoms with Crippen molar-refractivity contribution < 1.29 is 40.0 Å². The van der Waals surface area contributed by atoms with Gasteiger partial charge in [0.1, 0.15) is 0 Å². The number of fused-ring (bicyclic) bond motifs is 2. The smallest absolute Gasteiger partial charge is 1.00 e. The number of benzene rings is 2. The van der Waals surface area contributed by atoms with E-state index in [4.69, 9.17) is 0 Å². The molecule has 4 aromatic carbocycles. The molecule has 0 radical (unpaired) electrons. The molecule has 0 fully saturated rings. The first-order valence-corrected chi connectivity index (χ1v) is 6.14. The van der Waals surface area contributed by atoms with Gasteiger partial charge in [-0.15, -0.1) is 59.3 Å². The monoisotopic (exact) mass is 356 g/mol. The summed E-state index contributed by atoms with van der Waals surface area (Å²) in [5.74, 6) is 0. The molecule has 20 heavy (non-hydrogen) atoms. The van der Waals surface area contributed by atoms with E-state index in [1.54, 1.807) is 0 Å². The van der Waals surface area contributed by atoms with Crippen LogP contribution in [-0.2, 0) is 26.2 Å². The Bertz CT molecular complexity index is 631. The van der Waals surface area contributed by atoms with Gasteiger partial charge in [-0.1, -0.05) is 12.1 Å². The van der Waals surface area contributed by atoms with E-state index in [1.807, 2.05) is 0 Å². The quantitative estimate of drug-likeness (QED) is 0.423. The molecule has 0 saturated heterocycles. The summed E-state index contributed by atoms with van der Waals surface area (Å²) in [5, 5.41) is 5.32. The van der Waals surface area contributed by atoms with Crippen molar-refractivity contribution in [1.82, 2.24) is 0 Å². The molecule has 98 valence electrons. The van der Waals surface area contributed by atoms with Crippen LogP contribution >= 0.6 is 0 Å². The second-order valence-corrected chi connectivity index (χ2v) is 4.31. The van der Waals surface area contributed by atoms with Crippen LogP contribution in [0.25, 0.3) is 21.5 Å². The molecular weight excluding hydrogens is 343 g/mol. The van der Waals surface area contributed by atoms with E-state index in [0.717, 1.165) is 0 Å². The molecule has 0 spiro atoms. The Kier molecular flexibility index (Phi) is 6.92. The van der Waals surface area contributed by atoms with Crippen molar-refractivity contribution in [2.75, 3.05) is 0 Å². The summed E-state index contributed by atoms with van der Waals surface area (Å²) in [4.78, 5) is 0. The second-order valence-electron chi connectivity index (χ2n) is 4.31. The standard InChI is InChI=1S/2C9H7.ClH.Zr.H/c2*1-2-5-9-7-3-6-8(9)4-1;;;/h2*1-7H;1H;;/q2*-1;;+4;-1/p-1. The molecule has 2 heteroatoms. The predicted molar refractivity (Wildman–Crippen MR) is 80.2 cm³/mol. The maximum Gasteiger partial charge on any atom is 4.00 e. The molecule has 4 rings (SSSR count). The summed E-state index contributed by atoms with van der Waals surface area (Å²) >= 11 is 0. The number of hydrogen-bond donors (Lipinski definition) is 0. The minimum Gasteiger partial charge on any atom is -1.00 e. The number of rotatable bonds is 0. The fourth-order valence-electron chi connectivity index (χ4n) is 2.14. The van der Waals surface area contributed by atoms with Crippen LogP contribution in [0, 0.1) is 0 Å². The van der Waals surface area contributed by atoms with Crippen molar-refractivity contribution in [3.8, 4) is 0 Å². The zero-order valence-electron chi connectivity index (χ0n) is 12.0. The van der Waals surface area contributed by atoms with Crippen LogP contribution in [0.15, 0.2) is 84.9 Å². The Morgan fingerprint density at radius 2 is 1.00 bits per heavy atom. The molecule has 0 aliphatic heterocycles. The summed E-state index contributed by atoms with van der Waals surface area (Å²) in [5.41, 5.74) is 0. The molecule has 0 bridgehead atoms. The van der Waals surface area contributed by atoms with Gasteiger partial charge in [-0.25, -0.2) is 0 Å². The second kappa shape index (κ2) is 8.19. The molecule has 0 aliphatic carbocycles. The van der Waals surface area contributed by atoms with Crippen molar-refractivity contribution in [2.45, 2.75) is 0 Å². The average molecular weight is 358 g/mol. The number of halogens is 1. The van der Waals surface area contributed by atoms with E-state index in [2.05, 4.69) is 84.9 Å². The summed E-state index contributed by atoms with van der Waals surface area (Å²) in [6, 6.07) is 29.3. The van der Waals surface area contributed by atoms with Crippen LogP contribution in [0.4, 0.5) is 0 Å². The van der Waals surface area contributed by atoms with E-state index in [0.29, 0.717) is 0 Å². The van der Waals surface area contributed by atoms with Gasteiger partial charge >= 0.3 is 26.2 Å². The van der Waals surface area contributed by atoms with Crippen LogP contribution in [0.3, 0.4) is 0 Å². The van der Waals surface area contributed by atoms with Crippen molar-refractivity contribution in [3.63, 3.8) is 0 Å². The molecule has 0 N–H and O–H groups in total. The molecule has 0 amide bonds. The third-order valence-electron chi connectivity index (χ3n) is 3.10. The van der Waals surface area contributed by atoms with Crippen LogP contribution < -0.4 is 12.4 Å².